The van der Waals surface area contributed by atoms with E-state index < -0.39 is 0 Å². The lowest BCUT2D eigenvalue weighted by Gasteiger charge is -2.06. The monoisotopic (exact) mass is 264 g/mol. The molecule has 0 aromatic heterocycles. The van der Waals surface area contributed by atoms with Gasteiger partial charge in [-0.25, -0.2) is 0 Å². The molecular formula is C13H13ClN2O2. The Labute approximate surface area is 111 Å². The molecule has 0 unspecified atom stereocenters. The minimum Gasteiger partial charge on any atom is -0.426 e. The lowest BCUT2D eigenvalue weighted by atomic mass is 10.2. The van der Waals surface area contributed by atoms with Crippen molar-refractivity contribution in [3.05, 3.63) is 28.8 Å². The molecule has 2 rings (SSSR count). The maximum Gasteiger partial charge on any atom is 0.325 e. The lowest BCUT2D eigenvalue weighted by Crippen LogP contribution is -2.28. The third kappa shape index (κ3) is 3.73. The molecule has 0 atom stereocenters. The van der Waals surface area contributed by atoms with Crippen LogP contribution < -0.4 is 10.1 Å². The summed E-state index contributed by atoms with van der Waals surface area (Å²) in [7, 11) is 0. The van der Waals surface area contributed by atoms with E-state index in [1.807, 2.05) is 6.07 Å². The molecule has 94 valence electrons. The minimum atomic E-state index is -0.351. The average Bonchev–Trinajstić information content (AvgIpc) is 3.13. The number of benzene rings is 1. The quantitative estimate of drug-likeness (QED) is 0.654. The molecule has 5 heteroatoms. The van der Waals surface area contributed by atoms with Gasteiger partial charge in [0.1, 0.15) is 11.8 Å². The average molecular weight is 265 g/mol. The lowest BCUT2D eigenvalue weighted by molar-refractivity contribution is -0.133. The van der Waals surface area contributed by atoms with E-state index in [9.17, 15) is 4.79 Å². The number of carbonyl (C=O) groups excluding carboxylic acids is 1. The first-order valence-corrected chi connectivity index (χ1v) is 6.18. The molecule has 4 nitrogen and oxygen atoms in total. The summed E-state index contributed by atoms with van der Waals surface area (Å²) < 4.78 is 5.10. The van der Waals surface area contributed by atoms with Gasteiger partial charge in [-0.05, 0) is 37.4 Å². The Kier molecular flexibility index (Phi) is 4.19. The van der Waals surface area contributed by atoms with Gasteiger partial charge in [-0.3, -0.25) is 4.79 Å². The Bertz CT molecular complexity index is 492. The predicted octanol–water partition coefficient (Wildman–Crippen LogP) is 2.12. The molecule has 1 aromatic rings. The number of nitrogens with zero attached hydrogens (tertiary/aromatic N) is 1. The van der Waals surface area contributed by atoms with E-state index in [4.69, 9.17) is 21.6 Å². The second-order valence-corrected chi connectivity index (χ2v) is 4.71. The van der Waals surface area contributed by atoms with Crippen LogP contribution in [0.25, 0.3) is 0 Å². The molecule has 0 spiro atoms. The van der Waals surface area contributed by atoms with Crippen molar-refractivity contribution in [3.8, 4) is 11.8 Å². The summed E-state index contributed by atoms with van der Waals surface area (Å²) in [4.78, 5) is 11.5. The number of halogens is 1. The fourth-order valence-corrected chi connectivity index (χ4v) is 1.73. The van der Waals surface area contributed by atoms with Gasteiger partial charge in [-0.1, -0.05) is 11.6 Å². The number of hydrogen-bond acceptors (Lipinski definition) is 4. The van der Waals surface area contributed by atoms with Crippen LogP contribution in [0.5, 0.6) is 5.75 Å². The van der Waals surface area contributed by atoms with Crippen molar-refractivity contribution in [2.45, 2.75) is 12.8 Å². The summed E-state index contributed by atoms with van der Waals surface area (Å²) >= 11 is 5.84. The molecule has 0 saturated heterocycles. The maximum atomic E-state index is 11.5. The summed E-state index contributed by atoms with van der Waals surface area (Å²) in [5.74, 6) is 0.732. The van der Waals surface area contributed by atoms with Gasteiger partial charge in [-0.2, -0.15) is 5.26 Å². The first-order chi connectivity index (χ1) is 8.69. The Balaban J connectivity index is 1.82. The highest BCUT2D eigenvalue weighted by Gasteiger charge is 2.20. The molecule has 1 N–H and O–H groups in total. The first-order valence-electron chi connectivity index (χ1n) is 5.80. The van der Waals surface area contributed by atoms with Gasteiger partial charge in [0, 0.05) is 6.07 Å². The number of nitriles is 1. The van der Waals surface area contributed by atoms with Crippen LogP contribution in [0.2, 0.25) is 5.02 Å². The Morgan fingerprint density at radius 3 is 2.94 bits per heavy atom. The van der Waals surface area contributed by atoms with E-state index >= 15 is 0 Å². The second kappa shape index (κ2) is 5.85. The SMILES string of the molecule is N#Cc1ccc(OC(=O)CNCC2CC2)cc1Cl. The number of carbonyl (C=O) groups is 1. The predicted molar refractivity (Wildman–Crippen MR) is 67.4 cm³/mol. The zero-order valence-corrected chi connectivity index (χ0v) is 10.5. The van der Waals surface area contributed by atoms with Crippen LogP contribution in [0.15, 0.2) is 18.2 Å². The van der Waals surface area contributed by atoms with Gasteiger partial charge in [0.25, 0.3) is 0 Å². The minimum absolute atomic E-state index is 0.189. The van der Waals surface area contributed by atoms with E-state index in [1.54, 1.807) is 6.07 Å². The Morgan fingerprint density at radius 2 is 2.33 bits per heavy atom. The van der Waals surface area contributed by atoms with Crippen LogP contribution in [-0.4, -0.2) is 19.1 Å². The number of nitrogens with one attached hydrogen (secondary N) is 1. The summed E-state index contributed by atoms with van der Waals surface area (Å²) in [6.07, 6.45) is 2.49. The third-order valence-electron chi connectivity index (χ3n) is 2.69. The number of hydrogen-bond donors (Lipinski definition) is 1. The van der Waals surface area contributed by atoms with E-state index in [0.29, 0.717) is 11.3 Å². The number of ether oxygens (including phenoxy) is 1. The van der Waals surface area contributed by atoms with E-state index in [-0.39, 0.29) is 17.5 Å². The fraction of sp³-hybridized carbons (Fsp3) is 0.385. The van der Waals surface area contributed by atoms with Crippen LogP contribution in [0.3, 0.4) is 0 Å². The summed E-state index contributed by atoms with van der Waals surface area (Å²) in [6.45, 7) is 1.05. The van der Waals surface area contributed by atoms with Crippen molar-refractivity contribution in [1.82, 2.24) is 5.32 Å². The van der Waals surface area contributed by atoms with E-state index in [0.717, 1.165) is 12.5 Å². The smallest absolute Gasteiger partial charge is 0.325 e. The van der Waals surface area contributed by atoms with Crippen molar-refractivity contribution in [2.75, 3.05) is 13.1 Å². The molecule has 0 amide bonds. The van der Waals surface area contributed by atoms with Crippen molar-refractivity contribution in [3.63, 3.8) is 0 Å². The molecule has 0 radical (unpaired) electrons. The van der Waals surface area contributed by atoms with Crippen LogP contribution in [0.4, 0.5) is 0 Å². The highest BCUT2D eigenvalue weighted by atomic mass is 35.5. The molecule has 0 heterocycles. The van der Waals surface area contributed by atoms with Gasteiger partial charge in [0.15, 0.2) is 0 Å². The zero-order chi connectivity index (χ0) is 13.0. The van der Waals surface area contributed by atoms with Crippen LogP contribution in [0, 0.1) is 17.2 Å². The third-order valence-corrected chi connectivity index (χ3v) is 3.00. The Morgan fingerprint density at radius 1 is 1.56 bits per heavy atom. The fourth-order valence-electron chi connectivity index (χ4n) is 1.52. The van der Waals surface area contributed by atoms with Gasteiger partial charge < -0.3 is 10.1 Å². The summed E-state index contributed by atoms with van der Waals surface area (Å²) in [5.41, 5.74) is 0.364. The van der Waals surface area contributed by atoms with E-state index in [2.05, 4.69) is 5.32 Å². The first kappa shape index (κ1) is 12.9. The molecule has 1 aromatic carbocycles. The molecule has 1 saturated carbocycles. The van der Waals surface area contributed by atoms with Gasteiger partial charge in [-0.15, -0.1) is 0 Å². The van der Waals surface area contributed by atoms with Crippen molar-refractivity contribution < 1.29 is 9.53 Å². The summed E-state index contributed by atoms with van der Waals surface area (Å²) in [5, 5.41) is 12.0. The molecule has 0 bridgehead atoms. The number of esters is 1. The number of rotatable bonds is 5. The van der Waals surface area contributed by atoms with E-state index in [1.165, 1.54) is 25.0 Å². The zero-order valence-electron chi connectivity index (χ0n) is 9.78. The highest BCUT2D eigenvalue weighted by Crippen LogP contribution is 2.27. The molecule has 1 aliphatic carbocycles. The normalized spacial score (nSPS) is 14.0. The van der Waals surface area contributed by atoms with Crippen LogP contribution in [-0.2, 0) is 4.79 Å². The van der Waals surface area contributed by atoms with Crippen molar-refractivity contribution in [2.24, 2.45) is 5.92 Å². The standard InChI is InChI=1S/C13H13ClN2O2/c14-12-5-11(4-3-10(12)6-15)18-13(17)8-16-7-9-1-2-9/h3-5,9,16H,1-2,7-8H2. The molecular weight excluding hydrogens is 252 g/mol. The Hall–Kier alpha value is -1.57. The van der Waals surface area contributed by atoms with Crippen LogP contribution in [0.1, 0.15) is 18.4 Å². The second-order valence-electron chi connectivity index (χ2n) is 4.30. The molecule has 0 aliphatic heterocycles. The van der Waals surface area contributed by atoms with Gasteiger partial charge >= 0.3 is 5.97 Å². The maximum absolute atomic E-state index is 11.5. The van der Waals surface area contributed by atoms with Gasteiger partial charge in [0.05, 0.1) is 17.1 Å². The van der Waals surface area contributed by atoms with Crippen LogP contribution >= 0.6 is 11.6 Å². The van der Waals surface area contributed by atoms with Crippen molar-refractivity contribution in [1.29, 1.82) is 5.26 Å². The highest BCUT2D eigenvalue weighted by molar-refractivity contribution is 6.31. The summed E-state index contributed by atoms with van der Waals surface area (Å²) in [6, 6.07) is 6.50. The van der Waals surface area contributed by atoms with Gasteiger partial charge in [0.2, 0.25) is 0 Å². The molecule has 1 fully saturated rings. The van der Waals surface area contributed by atoms with Crippen molar-refractivity contribution >= 4 is 17.6 Å². The topological polar surface area (TPSA) is 62.1 Å². The molecule has 18 heavy (non-hydrogen) atoms. The molecule has 1 aliphatic rings. The largest absolute Gasteiger partial charge is 0.426 e.